The van der Waals surface area contributed by atoms with E-state index in [0.29, 0.717) is 49.8 Å². The maximum atomic E-state index is 13.2. The number of amides is 1. The number of benzene rings is 1. The Morgan fingerprint density at radius 3 is 2.79 bits per heavy atom. The smallest absolute Gasteiger partial charge is 0.289 e. The average molecular weight is 333 g/mol. The lowest BCUT2D eigenvalue weighted by Crippen LogP contribution is -2.41. The molecule has 24 heavy (non-hydrogen) atoms. The second-order valence-corrected chi connectivity index (χ2v) is 5.77. The third-order valence-corrected chi connectivity index (χ3v) is 3.99. The van der Waals surface area contributed by atoms with Crippen LogP contribution >= 0.6 is 0 Å². The summed E-state index contributed by atoms with van der Waals surface area (Å²) in [6.45, 7) is 1.51. The van der Waals surface area contributed by atoms with Crippen LogP contribution in [0.5, 0.6) is 5.75 Å². The van der Waals surface area contributed by atoms with Crippen molar-refractivity contribution in [3.05, 3.63) is 53.7 Å². The van der Waals surface area contributed by atoms with Gasteiger partial charge >= 0.3 is 0 Å². The van der Waals surface area contributed by atoms with E-state index in [2.05, 4.69) is 0 Å². The number of hydrogen-bond acceptors (Lipinski definition) is 4. The SMILES string of the molecule is COCc1ccc(C(=O)N2CCC(Oc3cccc(F)c3)CC2)o1. The van der Waals surface area contributed by atoms with Gasteiger partial charge in [-0.1, -0.05) is 6.07 Å². The van der Waals surface area contributed by atoms with Gasteiger partial charge < -0.3 is 18.8 Å². The van der Waals surface area contributed by atoms with E-state index in [1.54, 1.807) is 36.3 Å². The first kappa shape index (κ1) is 16.5. The molecule has 128 valence electrons. The van der Waals surface area contributed by atoms with Crippen molar-refractivity contribution >= 4 is 5.91 Å². The molecular formula is C18H20FNO4. The number of methoxy groups -OCH3 is 1. The molecule has 0 atom stereocenters. The van der Waals surface area contributed by atoms with Gasteiger partial charge in [0.1, 0.15) is 30.0 Å². The molecule has 0 saturated carbocycles. The molecule has 1 aromatic heterocycles. The van der Waals surface area contributed by atoms with Gasteiger partial charge in [-0.05, 0) is 24.3 Å². The average Bonchev–Trinajstić information content (AvgIpc) is 3.04. The fourth-order valence-corrected chi connectivity index (χ4v) is 2.78. The van der Waals surface area contributed by atoms with Crippen LogP contribution in [0.1, 0.15) is 29.2 Å². The second-order valence-electron chi connectivity index (χ2n) is 5.77. The molecule has 0 N–H and O–H groups in total. The largest absolute Gasteiger partial charge is 0.490 e. The Hall–Kier alpha value is -2.34. The molecule has 0 radical (unpaired) electrons. The van der Waals surface area contributed by atoms with E-state index in [0.717, 1.165) is 0 Å². The van der Waals surface area contributed by atoms with Crippen molar-refractivity contribution in [1.29, 1.82) is 0 Å². The second kappa shape index (κ2) is 7.49. The Bertz CT molecular complexity index is 692. The van der Waals surface area contributed by atoms with Crippen LogP contribution in [0.2, 0.25) is 0 Å². The molecule has 2 aromatic rings. The Morgan fingerprint density at radius 2 is 2.08 bits per heavy atom. The van der Waals surface area contributed by atoms with Gasteiger partial charge in [-0.2, -0.15) is 0 Å². The van der Waals surface area contributed by atoms with E-state index in [-0.39, 0.29) is 17.8 Å². The number of carbonyl (C=O) groups is 1. The number of rotatable bonds is 5. The van der Waals surface area contributed by atoms with E-state index in [9.17, 15) is 9.18 Å². The number of halogens is 1. The van der Waals surface area contributed by atoms with Crippen molar-refractivity contribution in [2.75, 3.05) is 20.2 Å². The zero-order valence-corrected chi connectivity index (χ0v) is 13.5. The number of carbonyl (C=O) groups excluding carboxylic acids is 1. The molecule has 1 aromatic carbocycles. The summed E-state index contributed by atoms with van der Waals surface area (Å²) in [5, 5.41) is 0. The number of piperidine rings is 1. The third-order valence-electron chi connectivity index (χ3n) is 3.99. The predicted octanol–water partition coefficient (Wildman–Crippen LogP) is 3.25. The summed E-state index contributed by atoms with van der Waals surface area (Å²) in [5.74, 6) is 1.04. The molecule has 0 spiro atoms. The first-order chi connectivity index (χ1) is 11.7. The van der Waals surface area contributed by atoms with Crippen LogP contribution in [0.4, 0.5) is 4.39 Å². The zero-order valence-electron chi connectivity index (χ0n) is 13.5. The first-order valence-corrected chi connectivity index (χ1v) is 7.95. The highest BCUT2D eigenvalue weighted by atomic mass is 19.1. The maximum Gasteiger partial charge on any atom is 0.289 e. The third kappa shape index (κ3) is 3.94. The van der Waals surface area contributed by atoms with Crippen LogP contribution in [0.15, 0.2) is 40.8 Å². The van der Waals surface area contributed by atoms with Gasteiger partial charge in [-0.3, -0.25) is 4.79 Å². The van der Waals surface area contributed by atoms with Gasteiger partial charge in [0, 0.05) is 39.1 Å². The van der Waals surface area contributed by atoms with Crippen LogP contribution in [0.25, 0.3) is 0 Å². The molecule has 0 bridgehead atoms. The van der Waals surface area contributed by atoms with Crippen molar-refractivity contribution in [2.24, 2.45) is 0 Å². The Balaban J connectivity index is 1.53. The lowest BCUT2D eigenvalue weighted by molar-refractivity contribution is 0.0560. The summed E-state index contributed by atoms with van der Waals surface area (Å²) < 4.78 is 29.4. The molecule has 1 aliphatic heterocycles. The molecule has 1 aliphatic rings. The minimum Gasteiger partial charge on any atom is -0.490 e. The monoisotopic (exact) mass is 333 g/mol. The van der Waals surface area contributed by atoms with Crippen molar-refractivity contribution in [2.45, 2.75) is 25.6 Å². The van der Waals surface area contributed by atoms with Gasteiger partial charge in [0.25, 0.3) is 5.91 Å². The van der Waals surface area contributed by atoms with Crippen LogP contribution in [0.3, 0.4) is 0 Å². The molecule has 6 heteroatoms. The highest BCUT2D eigenvalue weighted by molar-refractivity contribution is 5.91. The number of furan rings is 1. The summed E-state index contributed by atoms with van der Waals surface area (Å²) in [5.41, 5.74) is 0. The van der Waals surface area contributed by atoms with E-state index in [1.165, 1.54) is 12.1 Å². The van der Waals surface area contributed by atoms with Crippen LogP contribution in [-0.2, 0) is 11.3 Å². The fraction of sp³-hybridized carbons (Fsp3) is 0.389. The summed E-state index contributed by atoms with van der Waals surface area (Å²) in [4.78, 5) is 14.2. The molecule has 5 nitrogen and oxygen atoms in total. The van der Waals surface area contributed by atoms with E-state index < -0.39 is 0 Å². The normalized spacial score (nSPS) is 15.5. The fourth-order valence-electron chi connectivity index (χ4n) is 2.78. The van der Waals surface area contributed by atoms with E-state index in [4.69, 9.17) is 13.9 Å². The predicted molar refractivity (Wildman–Crippen MR) is 85.4 cm³/mol. The minimum atomic E-state index is -0.315. The summed E-state index contributed by atoms with van der Waals surface area (Å²) in [6, 6.07) is 9.54. The number of hydrogen-bond donors (Lipinski definition) is 0. The van der Waals surface area contributed by atoms with Crippen molar-refractivity contribution in [3.8, 4) is 5.75 Å². The van der Waals surface area contributed by atoms with Crippen molar-refractivity contribution in [1.82, 2.24) is 4.90 Å². The van der Waals surface area contributed by atoms with Gasteiger partial charge in [0.2, 0.25) is 0 Å². The molecule has 3 rings (SSSR count). The van der Waals surface area contributed by atoms with Crippen LogP contribution in [-0.4, -0.2) is 37.1 Å². The Morgan fingerprint density at radius 1 is 1.29 bits per heavy atom. The quantitative estimate of drug-likeness (QED) is 0.843. The molecule has 2 heterocycles. The number of likely N-dealkylation sites (tertiary alicyclic amines) is 1. The maximum absolute atomic E-state index is 13.2. The first-order valence-electron chi connectivity index (χ1n) is 7.95. The Kier molecular flexibility index (Phi) is 5.15. The van der Waals surface area contributed by atoms with Crippen molar-refractivity contribution in [3.63, 3.8) is 0 Å². The molecule has 1 fully saturated rings. The number of ether oxygens (including phenoxy) is 2. The van der Waals surface area contributed by atoms with Gasteiger partial charge in [-0.25, -0.2) is 4.39 Å². The molecular weight excluding hydrogens is 313 g/mol. The van der Waals surface area contributed by atoms with E-state index >= 15 is 0 Å². The Labute approximate surface area is 140 Å². The van der Waals surface area contributed by atoms with Crippen LogP contribution in [0, 0.1) is 5.82 Å². The summed E-state index contributed by atoms with van der Waals surface area (Å²) in [6.07, 6.45) is 1.39. The highest BCUT2D eigenvalue weighted by Gasteiger charge is 2.26. The molecule has 0 aliphatic carbocycles. The lowest BCUT2D eigenvalue weighted by Gasteiger charge is -2.31. The zero-order chi connectivity index (χ0) is 16.9. The summed E-state index contributed by atoms with van der Waals surface area (Å²) in [7, 11) is 1.58. The summed E-state index contributed by atoms with van der Waals surface area (Å²) >= 11 is 0. The lowest BCUT2D eigenvalue weighted by atomic mass is 10.1. The standard InChI is InChI=1S/C18H20FNO4/c1-22-12-16-5-6-17(24-16)18(21)20-9-7-14(8-10-20)23-15-4-2-3-13(19)11-15/h2-6,11,14H,7-10,12H2,1H3. The topological polar surface area (TPSA) is 51.9 Å². The number of nitrogens with zero attached hydrogens (tertiary/aromatic N) is 1. The van der Waals surface area contributed by atoms with Gasteiger partial charge in [0.05, 0.1) is 0 Å². The van der Waals surface area contributed by atoms with E-state index in [1.807, 2.05) is 0 Å². The van der Waals surface area contributed by atoms with Crippen LogP contribution < -0.4 is 4.74 Å². The van der Waals surface area contributed by atoms with Gasteiger partial charge in [-0.15, -0.1) is 0 Å². The van der Waals surface area contributed by atoms with Crippen molar-refractivity contribution < 1.29 is 23.1 Å². The van der Waals surface area contributed by atoms with Gasteiger partial charge in [0.15, 0.2) is 5.76 Å². The molecule has 1 saturated heterocycles. The molecule has 1 amide bonds. The minimum absolute atomic E-state index is 0.0171. The molecule has 0 unspecified atom stereocenters. The highest BCUT2D eigenvalue weighted by Crippen LogP contribution is 2.21.